The number of anilines is 2. The van der Waals surface area contributed by atoms with Crippen LogP contribution in [0.25, 0.3) is 0 Å². The molecule has 0 unspecified atom stereocenters. The molecule has 0 aliphatic heterocycles. The van der Waals surface area contributed by atoms with E-state index in [1.807, 2.05) is 43.3 Å². The summed E-state index contributed by atoms with van der Waals surface area (Å²) < 4.78 is 5.26. The van der Waals surface area contributed by atoms with Crippen molar-refractivity contribution >= 4 is 17.3 Å². The SMILES string of the molecule is COc1ccc(C)cc1NC(=O)/C(C#N)=C\Nc1ccccc1C(C)(C)C. The fourth-order valence-electron chi connectivity index (χ4n) is 2.67. The lowest BCUT2D eigenvalue weighted by atomic mass is 9.86. The monoisotopic (exact) mass is 363 g/mol. The van der Waals surface area contributed by atoms with Gasteiger partial charge in [-0.3, -0.25) is 4.79 Å². The van der Waals surface area contributed by atoms with E-state index in [1.54, 1.807) is 12.1 Å². The van der Waals surface area contributed by atoms with Crippen molar-refractivity contribution in [3.05, 3.63) is 65.4 Å². The number of methoxy groups -OCH3 is 1. The van der Waals surface area contributed by atoms with Crippen molar-refractivity contribution in [2.45, 2.75) is 33.1 Å². The minimum absolute atomic E-state index is 0.0257. The molecule has 2 rings (SSSR count). The van der Waals surface area contributed by atoms with Crippen LogP contribution in [0.5, 0.6) is 5.75 Å². The predicted octanol–water partition coefficient (Wildman–Crippen LogP) is 4.76. The first kappa shape index (κ1) is 20.1. The number of nitrogens with zero attached hydrogens (tertiary/aromatic N) is 1. The Balaban J connectivity index is 2.24. The average molecular weight is 363 g/mol. The number of rotatable bonds is 5. The zero-order valence-electron chi connectivity index (χ0n) is 16.4. The van der Waals surface area contributed by atoms with Gasteiger partial charge in [0.25, 0.3) is 5.91 Å². The Morgan fingerprint density at radius 1 is 1.15 bits per heavy atom. The van der Waals surface area contributed by atoms with Gasteiger partial charge in [0.1, 0.15) is 17.4 Å². The van der Waals surface area contributed by atoms with Gasteiger partial charge in [-0.15, -0.1) is 0 Å². The molecule has 0 atom stereocenters. The lowest BCUT2D eigenvalue weighted by Crippen LogP contribution is -2.16. The molecule has 0 spiro atoms. The number of carbonyl (C=O) groups excluding carboxylic acids is 1. The molecule has 2 aromatic carbocycles. The second kappa shape index (κ2) is 8.41. The molecule has 0 saturated heterocycles. The molecule has 5 nitrogen and oxygen atoms in total. The number of para-hydroxylation sites is 1. The van der Waals surface area contributed by atoms with E-state index in [4.69, 9.17) is 4.74 Å². The molecule has 0 radical (unpaired) electrons. The first-order valence-electron chi connectivity index (χ1n) is 8.68. The highest BCUT2D eigenvalue weighted by Gasteiger charge is 2.18. The van der Waals surface area contributed by atoms with E-state index in [1.165, 1.54) is 13.3 Å². The highest BCUT2D eigenvalue weighted by atomic mass is 16.5. The van der Waals surface area contributed by atoms with Crippen LogP contribution in [-0.2, 0) is 10.2 Å². The van der Waals surface area contributed by atoms with Gasteiger partial charge in [0.05, 0.1) is 12.8 Å². The second-order valence-corrected chi connectivity index (χ2v) is 7.27. The van der Waals surface area contributed by atoms with Gasteiger partial charge in [-0.1, -0.05) is 45.0 Å². The molecule has 2 N–H and O–H groups in total. The van der Waals surface area contributed by atoms with Crippen molar-refractivity contribution in [3.63, 3.8) is 0 Å². The Morgan fingerprint density at radius 3 is 2.48 bits per heavy atom. The van der Waals surface area contributed by atoms with Crippen LogP contribution in [0.1, 0.15) is 31.9 Å². The second-order valence-electron chi connectivity index (χ2n) is 7.27. The van der Waals surface area contributed by atoms with E-state index in [0.29, 0.717) is 11.4 Å². The van der Waals surface area contributed by atoms with Crippen LogP contribution in [0.2, 0.25) is 0 Å². The van der Waals surface area contributed by atoms with Gasteiger partial charge in [0, 0.05) is 11.9 Å². The molecular formula is C22H25N3O2. The summed E-state index contributed by atoms with van der Waals surface area (Å²) in [4.78, 5) is 12.5. The molecule has 0 bridgehead atoms. The summed E-state index contributed by atoms with van der Waals surface area (Å²) >= 11 is 0. The molecule has 0 heterocycles. The Morgan fingerprint density at radius 2 is 1.85 bits per heavy atom. The summed E-state index contributed by atoms with van der Waals surface area (Å²) in [5.41, 5.74) is 3.37. The van der Waals surface area contributed by atoms with Crippen molar-refractivity contribution < 1.29 is 9.53 Å². The highest BCUT2D eigenvalue weighted by Crippen LogP contribution is 2.29. The van der Waals surface area contributed by atoms with Crippen LogP contribution in [0, 0.1) is 18.3 Å². The van der Waals surface area contributed by atoms with Gasteiger partial charge in [0.15, 0.2) is 0 Å². The van der Waals surface area contributed by atoms with Crippen molar-refractivity contribution in [2.75, 3.05) is 17.7 Å². The Hall–Kier alpha value is -3.26. The molecule has 5 heteroatoms. The zero-order valence-corrected chi connectivity index (χ0v) is 16.4. The summed E-state index contributed by atoms with van der Waals surface area (Å²) in [6.07, 6.45) is 1.43. The zero-order chi connectivity index (χ0) is 20.0. The molecule has 140 valence electrons. The van der Waals surface area contributed by atoms with E-state index in [2.05, 4.69) is 31.4 Å². The lowest BCUT2D eigenvalue weighted by Gasteiger charge is -2.22. The van der Waals surface area contributed by atoms with Crippen LogP contribution in [0.4, 0.5) is 11.4 Å². The van der Waals surface area contributed by atoms with Gasteiger partial charge in [-0.25, -0.2) is 0 Å². The Bertz CT molecular complexity index is 903. The third kappa shape index (κ3) is 5.11. The van der Waals surface area contributed by atoms with Crippen molar-refractivity contribution in [2.24, 2.45) is 0 Å². The summed E-state index contributed by atoms with van der Waals surface area (Å²) in [7, 11) is 1.53. The summed E-state index contributed by atoms with van der Waals surface area (Å²) in [5.74, 6) is 0.0411. The summed E-state index contributed by atoms with van der Waals surface area (Å²) in [6, 6.07) is 15.2. The molecule has 0 saturated carbocycles. The standard InChI is InChI=1S/C22H25N3O2/c1-15-10-11-20(27-5)19(12-15)25-21(26)16(13-23)14-24-18-9-7-6-8-17(18)22(2,3)4/h6-12,14,24H,1-5H3,(H,25,26)/b16-14-. The predicted molar refractivity (Wildman–Crippen MR) is 109 cm³/mol. The maximum atomic E-state index is 12.5. The number of nitriles is 1. The fourth-order valence-corrected chi connectivity index (χ4v) is 2.67. The number of carbonyl (C=O) groups is 1. The summed E-state index contributed by atoms with van der Waals surface area (Å²) in [5, 5.41) is 15.3. The third-order valence-corrected chi connectivity index (χ3v) is 4.08. The first-order valence-corrected chi connectivity index (χ1v) is 8.68. The maximum absolute atomic E-state index is 12.5. The van der Waals surface area contributed by atoms with Crippen LogP contribution in [-0.4, -0.2) is 13.0 Å². The molecule has 0 aliphatic rings. The topological polar surface area (TPSA) is 74.1 Å². The molecular weight excluding hydrogens is 338 g/mol. The number of nitrogens with one attached hydrogen (secondary N) is 2. The van der Waals surface area contributed by atoms with E-state index < -0.39 is 5.91 Å². The van der Waals surface area contributed by atoms with Crippen LogP contribution in [0.15, 0.2) is 54.2 Å². The third-order valence-electron chi connectivity index (χ3n) is 4.08. The van der Waals surface area contributed by atoms with Gasteiger partial charge < -0.3 is 15.4 Å². The molecule has 0 aromatic heterocycles. The summed E-state index contributed by atoms with van der Waals surface area (Å²) in [6.45, 7) is 8.25. The minimum atomic E-state index is -0.498. The number of amides is 1. The fraction of sp³-hybridized carbons (Fsp3) is 0.273. The Labute approximate surface area is 160 Å². The van der Waals surface area contributed by atoms with E-state index in [9.17, 15) is 10.1 Å². The van der Waals surface area contributed by atoms with E-state index >= 15 is 0 Å². The minimum Gasteiger partial charge on any atom is -0.495 e. The average Bonchev–Trinajstić information content (AvgIpc) is 2.62. The van der Waals surface area contributed by atoms with E-state index in [0.717, 1.165) is 16.8 Å². The van der Waals surface area contributed by atoms with Crippen LogP contribution < -0.4 is 15.4 Å². The quantitative estimate of drug-likeness (QED) is 0.593. The van der Waals surface area contributed by atoms with Gasteiger partial charge in [0.2, 0.25) is 0 Å². The molecule has 2 aromatic rings. The molecule has 0 fully saturated rings. The highest BCUT2D eigenvalue weighted by molar-refractivity contribution is 6.07. The van der Waals surface area contributed by atoms with Crippen molar-refractivity contribution in [1.82, 2.24) is 0 Å². The largest absolute Gasteiger partial charge is 0.495 e. The normalized spacial score (nSPS) is 11.5. The number of hydrogen-bond donors (Lipinski definition) is 2. The number of benzene rings is 2. The van der Waals surface area contributed by atoms with Gasteiger partial charge in [-0.05, 0) is 41.7 Å². The van der Waals surface area contributed by atoms with Crippen LogP contribution in [0.3, 0.4) is 0 Å². The number of hydrogen-bond acceptors (Lipinski definition) is 4. The number of aryl methyl sites for hydroxylation is 1. The van der Waals surface area contributed by atoms with Gasteiger partial charge in [-0.2, -0.15) is 5.26 Å². The Kier molecular flexibility index (Phi) is 6.25. The number of ether oxygens (including phenoxy) is 1. The smallest absolute Gasteiger partial charge is 0.267 e. The van der Waals surface area contributed by atoms with Crippen LogP contribution >= 0.6 is 0 Å². The lowest BCUT2D eigenvalue weighted by molar-refractivity contribution is -0.112. The molecule has 27 heavy (non-hydrogen) atoms. The molecule has 0 aliphatic carbocycles. The first-order chi connectivity index (χ1) is 12.8. The molecule has 1 amide bonds. The van der Waals surface area contributed by atoms with E-state index in [-0.39, 0.29) is 11.0 Å². The van der Waals surface area contributed by atoms with Crippen molar-refractivity contribution in [1.29, 1.82) is 5.26 Å². The van der Waals surface area contributed by atoms with Crippen molar-refractivity contribution in [3.8, 4) is 11.8 Å². The maximum Gasteiger partial charge on any atom is 0.267 e. The van der Waals surface area contributed by atoms with Gasteiger partial charge >= 0.3 is 0 Å².